The van der Waals surface area contributed by atoms with Gasteiger partial charge in [0.05, 0.1) is 0 Å². The Kier molecular flexibility index (Phi) is 5.27. The summed E-state index contributed by atoms with van der Waals surface area (Å²) >= 11 is 0. The van der Waals surface area contributed by atoms with Gasteiger partial charge in [-0.05, 0) is 36.8 Å². The molecule has 0 bridgehead atoms. The van der Waals surface area contributed by atoms with Crippen LogP contribution in [0.15, 0.2) is 47.6 Å². The highest BCUT2D eigenvalue weighted by Gasteiger charge is 2.15. The van der Waals surface area contributed by atoms with Crippen molar-refractivity contribution in [3.63, 3.8) is 0 Å². The van der Waals surface area contributed by atoms with Gasteiger partial charge in [-0.3, -0.25) is 9.39 Å². The number of hydrogen-bond donors (Lipinski definition) is 1. The number of benzene rings is 1. The molecule has 0 saturated carbocycles. The Morgan fingerprint density at radius 3 is 3.00 bits per heavy atom. The van der Waals surface area contributed by atoms with Crippen LogP contribution in [-0.2, 0) is 13.0 Å². The molecule has 8 heteroatoms. The third kappa shape index (κ3) is 3.85. The summed E-state index contributed by atoms with van der Waals surface area (Å²) in [5, 5.41) is 11.8. The molecule has 146 valence electrons. The van der Waals surface area contributed by atoms with Gasteiger partial charge in [-0.25, -0.2) is 0 Å². The van der Waals surface area contributed by atoms with Crippen molar-refractivity contribution in [1.82, 2.24) is 24.8 Å². The van der Waals surface area contributed by atoms with Crippen LogP contribution in [0, 0.1) is 0 Å². The zero-order valence-corrected chi connectivity index (χ0v) is 16.1. The molecular weight excluding hydrogens is 356 g/mol. The van der Waals surface area contributed by atoms with Gasteiger partial charge in [-0.1, -0.05) is 12.1 Å². The molecule has 0 amide bonds. The number of rotatable bonds is 6. The Balaban J connectivity index is 1.42. The minimum atomic E-state index is 0.288. The standard InChI is InChI=1S/C20H24N6O2/c1-3-21-20(22-10-9-19-24-23-18-6-4-5-11-26(18)19)25(2)13-15-7-8-16-17(12-15)28-14-27-16/h4-8,11-12H,3,9-10,13-14H2,1-2H3,(H,21,22). The van der Waals surface area contributed by atoms with E-state index in [1.165, 1.54) is 0 Å². The van der Waals surface area contributed by atoms with Crippen LogP contribution in [0.3, 0.4) is 0 Å². The SMILES string of the molecule is CCNC(=NCCc1nnc2ccccn12)N(C)Cc1ccc2c(c1)OCO2. The highest BCUT2D eigenvalue weighted by molar-refractivity contribution is 5.79. The number of ether oxygens (including phenoxy) is 2. The number of guanidine groups is 1. The lowest BCUT2D eigenvalue weighted by molar-refractivity contribution is 0.174. The van der Waals surface area contributed by atoms with Gasteiger partial charge in [0.25, 0.3) is 0 Å². The summed E-state index contributed by atoms with van der Waals surface area (Å²) in [5.74, 6) is 3.36. The molecule has 0 unspecified atom stereocenters. The molecule has 0 spiro atoms. The number of aliphatic imine (C=N–C) groups is 1. The molecule has 0 aliphatic carbocycles. The minimum absolute atomic E-state index is 0.288. The summed E-state index contributed by atoms with van der Waals surface area (Å²) < 4.78 is 12.8. The van der Waals surface area contributed by atoms with Crippen molar-refractivity contribution in [3.8, 4) is 11.5 Å². The van der Waals surface area contributed by atoms with Gasteiger partial charge < -0.3 is 19.7 Å². The fourth-order valence-corrected chi connectivity index (χ4v) is 3.18. The van der Waals surface area contributed by atoms with E-state index >= 15 is 0 Å². The van der Waals surface area contributed by atoms with Crippen LogP contribution < -0.4 is 14.8 Å². The van der Waals surface area contributed by atoms with Gasteiger partial charge in [0.1, 0.15) is 5.82 Å². The zero-order chi connectivity index (χ0) is 19.3. The lowest BCUT2D eigenvalue weighted by Crippen LogP contribution is -2.38. The number of nitrogens with one attached hydrogen (secondary N) is 1. The van der Waals surface area contributed by atoms with Gasteiger partial charge in [-0.2, -0.15) is 0 Å². The van der Waals surface area contributed by atoms with Crippen molar-refractivity contribution in [2.45, 2.75) is 19.9 Å². The molecule has 3 heterocycles. The summed E-state index contributed by atoms with van der Waals surface area (Å²) in [4.78, 5) is 6.86. The van der Waals surface area contributed by atoms with Crippen LogP contribution >= 0.6 is 0 Å². The number of nitrogens with zero attached hydrogens (tertiary/aromatic N) is 5. The fourth-order valence-electron chi connectivity index (χ4n) is 3.18. The number of hydrogen-bond acceptors (Lipinski definition) is 5. The maximum atomic E-state index is 5.47. The van der Waals surface area contributed by atoms with Gasteiger partial charge >= 0.3 is 0 Å². The van der Waals surface area contributed by atoms with E-state index in [-0.39, 0.29) is 6.79 Å². The van der Waals surface area contributed by atoms with Crippen LogP contribution in [0.4, 0.5) is 0 Å². The van der Waals surface area contributed by atoms with E-state index in [0.717, 1.165) is 54.0 Å². The molecule has 0 saturated heterocycles. The molecule has 28 heavy (non-hydrogen) atoms. The van der Waals surface area contributed by atoms with Crippen molar-refractivity contribution in [2.24, 2.45) is 4.99 Å². The average molecular weight is 380 g/mol. The second-order valence-corrected chi connectivity index (χ2v) is 6.57. The van der Waals surface area contributed by atoms with E-state index in [2.05, 4.69) is 33.4 Å². The van der Waals surface area contributed by atoms with Crippen molar-refractivity contribution >= 4 is 11.6 Å². The Labute approximate surface area is 163 Å². The summed E-state index contributed by atoms with van der Waals surface area (Å²) in [6.07, 6.45) is 2.70. The lowest BCUT2D eigenvalue weighted by Gasteiger charge is -2.22. The van der Waals surface area contributed by atoms with E-state index < -0.39 is 0 Å². The molecule has 8 nitrogen and oxygen atoms in total. The summed E-state index contributed by atoms with van der Waals surface area (Å²) in [6.45, 7) is 4.50. The van der Waals surface area contributed by atoms with Crippen molar-refractivity contribution in [3.05, 3.63) is 54.0 Å². The van der Waals surface area contributed by atoms with E-state index in [4.69, 9.17) is 14.5 Å². The van der Waals surface area contributed by atoms with E-state index in [0.29, 0.717) is 6.54 Å². The molecule has 1 aliphatic rings. The summed E-state index contributed by atoms with van der Waals surface area (Å²) in [5.41, 5.74) is 1.99. The smallest absolute Gasteiger partial charge is 0.231 e. The van der Waals surface area contributed by atoms with Crippen LogP contribution in [0.5, 0.6) is 11.5 Å². The first-order valence-electron chi connectivity index (χ1n) is 9.41. The summed E-state index contributed by atoms with van der Waals surface area (Å²) in [6, 6.07) is 11.9. The van der Waals surface area contributed by atoms with Crippen LogP contribution in [-0.4, -0.2) is 52.4 Å². The first kappa shape index (κ1) is 18.1. The topological polar surface area (TPSA) is 76.3 Å². The molecule has 2 aromatic heterocycles. The molecule has 3 aromatic rings. The second-order valence-electron chi connectivity index (χ2n) is 6.57. The maximum absolute atomic E-state index is 5.47. The zero-order valence-electron chi connectivity index (χ0n) is 16.1. The Morgan fingerprint density at radius 2 is 2.11 bits per heavy atom. The van der Waals surface area contributed by atoms with Gasteiger partial charge in [0, 0.05) is 39.3 Å². The van der Waals surface area contributed by atoms with Crippen LogP contribution in [0.2, 0.25) is 0 Å². The predicted octanol–water partition coefficient (Wildman–Crippen LogP) is 2.10. The number of fused-ring (bicyclic) bond motifs is 2. The van der Waals surface area contributed by atoms with E-state index in [1.54, 1.807) is 0 Å². The molecule has 4 rings (SSSR count). The average Bonchev–Trinajstić information content (AvgIpc) is 3.34. The first-order valence-corrected chi connectivity index (χ1v) is 9.41. The predicted molar refractivity (Wildman–Crippen MR) is 107 cm³/mol. The maximum Gasteiger partial charge on any atom is 0.231 e. The molecular formula is C20H24N6O2. The molecule has 0 radical (unpaired) electrons. The van der Waals surface area contributed by atoms with Gasteiger partial charge in [-0.15, -0.1) is 10.2 Å². The normalized spacial score (nSPS) is 13.1. The molecule has 1 N–H and O–H groups in total. The Hall–Kier alpha value is -3.29. The summed E-state index contributed by atoms with van der Waals surface area (Å²) in [7, 11) is 2.03. The van der Waals surface area contributed by atoms with Crippen molar-refractivity contribution < 1.29 is 9.47 Å². The molecule has 1 aromatic carbocycles. The third-order valence-corrected chi connectivity index (χ3v) is 4.53. The quantitative estimate of drug-likeness (QED) is 0.521. The van der Waals surface area contributed by atoms with Gasteiger partial charge in [0.15, 0.2) is 23.1 Å². The lowest BCUT2D eigenvalue weighted by atomic mass is 10.2. The van der Waals surface area contributed by atoms with Gasteiger partial charge in [0.2, 0.25) is 6.79 Å². The number of pyridine rings is 1. The second kappa shape index (κ2) is 8.16. The Bertz CT molecular complexity index is 984. The third-order valence-electron chi connectivity index (χ3n) is 4.53. The fraction of sp³-hybridized carbons (Fsp3) is 0.350. The van der Waals surface area contributed by atoms with E-state index in [1.807, 2.05) is 48.0 Å². The molecule has 0 fully saturated rings. The highest BCUT2D eigenvalue weighted by atomic mass is 16.7. The van der Waals surface area contributed by atoms with Crippen LogP contribution in [0.25, 0.3) is 5.65 Å². The molecule has 1 aliphatic heterocycles. The van der Waals surface area contributed by atoms with E-state index in [9.17, 15) is 0 Å². The van der Waals surface area contributed by atoms with Crippen molar-refractivity contribution in [1.29, 1.82) is 0 Å². The highest BCUT2D eigenvalue weighted by Crippen LogP contribution is 2.32. The monoisotopic (exact) mass is 380 g/mol. The first-order chi connectivity index (χ1) is 13.7. The largest absolute Gasteiger partial charge is 0.454 e. The van der Waals surface area contributed by atoms with Crippen molar-refractivity contribution in [2.75, 3.05) is 26.9 Å². The van der Waals surface area contributed by atoms with Crippen LogP contribution in [0.1, 0.15) is 18.3 Å². The minimum Gasteiger partial charge on any atom is -0.454 e. The Morgan fingerprint density at radius 1 is 1.21 bits per heavy atom. The molecule has 0 atom stereocenters. The number of aromatic nitrogens is 3.